The van der Waals surface area contributed by atoms with Gasteiger partial charge < -0.3 is 15.7 Å². The Kier molecular flexibility index (Phi) is 9.34. The van der Waals surface area contributed by atoms with Gasteiger partial charge in [-0.3, -0.25) is 0 Å². The number of hydrogen-bond acceptors (Lipinski definition) is 4. The predicted molar refractivity (Wildman–Crippen MR) is 122 cm³/mol. The highest BCUT2D eigenvalue weighted by molar-refractivity contribution is 14.0. The average molecular weight is 518 g/mol. The molecule has 0 aliphatic rings. The lowest BCUT2D eigenvalue weighted by Crippen LogP contribution is -2.44. The van der Waals surface area contributed by atoms with Crippen molar-refractivity contribution in [3.8, 4) is 0 Å². The Bertz CT molecular complexity index is 887. The second kappa shape index (κ2) is 10.7. The molecule has 0 aliphatic carbocycles. The number of aliphatic hydroxyl groups is 1. The Hall–Kier alpha value is -1.69. The smallest absolute Gasteiger partial charge is 0.238 e. The summed E-state index contributed by atoms with van der Waals surface area (Å²) < 4.78 is 22.9. The molecule has 0 amide bonds. The second-order valence-electron chi connectivity index (χ2n) is 6.38. The lowest BCUT2D eigenvalue weighted by Gasteiger charge is -2.25. The van der Waals surface area contributed by atoms with Crippen LogP contribution < -0.4 is 15.8 Å². The van der Waals surface area contributed by atoms with Gasteiger partial charge in [-0.2, -0.15) is 0 Å². The number of sulfonamides is 1. The maximum Gasteiger partial charge on any atom is 0.238 e. The number of aliphatic imine (C=N–C) groups is 1. The molecule has 1 unspecified atom stereocenters. The van der Waals surface area contributed by atoms with Crippen molar-refractivity contribution in [1.82, 2.24) is 10.6 Å². The molecular weight excluding hydrogens is 491 g/mol. The summed E-state index contributed by atoms with van der Waals surface area (Å²) >= 11 is 0. The number of nitrogens with two attached hydrogens (primary N) is 1. The minimum Gasteiger partial charge on any atom is -0.384 e. The normalized spacial score (nSPS) is 13.9. The van der Waals surface area contributed by atoms with E-state index in [9.17, 15) is 13.5 Å². The molecule has 0 fully saturated rings. The summed E-state index contributed by atoms with van der Waals surface area (Å²) in [6, 6.07) is 15.7. The SMILES string of the molecule is CCNC(=NCc1cccc(S(N)(=O)=O)c1)NCC(C)(O)c1ccccc1.I. The first-order valence-electron chi connectivity index (χ1n) is 8.64. The fourth-order valence-corrected chi connectivity index (χ4v) is 3.07. The third kappa shape index (κ3) is 7.38. The van der Waals surface area contributed by atoms with Crippen LogP contribution in [0.3, 0.4) is 0 Å². The van der Waals surface area contributed by atoms with Crippen LogP contribution in [0.4, 0.5) is 0 Å². The van der Waals surface area contributed by atoms with Crippen molar-refractivity contribution in [3.05, 3.63) is 65.7 Å². The van der Waals surface area contributed by atoms with Gasteiger partial charge in [0.25, 0.3) is 0 Å². The number of nitrogens with one attached hydrogen (secondary N) is 2. The topological polar surface area (TPSA) is 117 Å². The lowest BCUT2D eigenvalue weighted by atomic mass is 9.96. The Morgan fingerprint density at radius 1 is 1.14 bits per heavy atom. The lowest BCUT2D eigenvalue weighted by molar-refractivity contribution is 0.0617. The first-order chi connectivity index (χ1) is 12.7. The number of guanidine groups is 1. The fraction of sp³-hybridized carbons (Fsp3) is 0.316. The highest BCUT2D eigenvalue weighted by atomic mass is 127. The van der Waals surface area contributed by atoms with Crippen molar-refractivity contribution in [2.75, 3.05) is 13.1 Å². The Morgan fingerprint density at radius 3 is 2.43 bits per heavy atom. The molecular formula is C19H27IN4O3S. The van der Waals surface area contributed by atoms with Gasteiger partial charge in [-0.1, -0.05) is 42.5 Å². The Balaban J connectivity index is 0.00000392. The summed E-state index contributed by atoms with van der Waals surface area (Å²) in [6.45, 7) is 4.85. The Labute approximate surface area is 183 Å². The molecule has 1 atom stereocenters. The molecule has 2 aromatic carbocycles. The fourth-order valence-electron chi connectivity index (χ4n) is 2.49. The van der Waals surface area contributed by atoms with Gasteiger partial charge in [-0.15, -0.1) is 24.0 Å². The zero-order valence-electron chi connectivity index (χ0n) is 15.9. The molecule has 0 heterocycles. The second-order valence-corrected chi connectivity index (χ2v) is 7.94. The molecule has 2 aromatic rings. The summed E-state index contributed by atoms with van der Waals surface area (Å²) in [5.74, 6) is 0.523. The van der Waals surface area contributed by atoms with Crippen molar-refractivity contribution < 1.29 is 13.5 Å². The molecule has 7 nitrogen and oxygen atoms in total. The molecule has 0 aliphatic heterocycles. The molecule has 2 rings (SSSR count). The van der Waals surface area contributed by atoms with Crippen LogP contribution in [-0.2, 0) is 22.2 Å². The standard InChI is InChI=1S/C19H26N4O3S.HI/c1-3-21-18(23-14-19(2,24)16-9-5-4-6-10-16)22-13-15-8-7-11-17(12-15)27(20,25)26;/h4-12,24H,3,13-14H2,1-2H3,(H2,20,25,26)(H2,21,22,23);1H. The quantitative estimate of drug-likeness (QED) is 0.254. The summed E-state index contributed by atoms with van der Waals surface area (Å²) in [4.78, 5) is 4.51. The van der Waals surface area contributed by atoms with Gasteiger partial charge in [-0.25, -0.2) is 18.5 Å². The monoisotopic (exact) mass is 518 g/mol. The minimum atomic E-state index is -3.75. The van der Waals surface area contributed by atoms with Gasteiger partial charge in [0.1, 0.15) is 5.60 Å². The van der Waals surface area contributed by atoms with Crippen molar-refractivity contribution in [3.63, 3.8) is 0 Å². The first kappa shape index (κ1) is 24.3. The number of rotatable bonds is 7. The summed E-state index contributed by atoms with van der Waals surface area (Å²) in [6.07, 6.45) is 0. The van der Waals surface area contributed by atoms with Crippen LogP contribution in [0.2, 0.25) is 0 Å². The number of nitrogens with zero attached hydrogens (tertiary/aromatic N) is 1. The molecule has 9 heteroatoms. The highest BCUT2D eigenvalue weighted by Gasteiger charge is 2.22. The van der Waals surface area contributed by atoms with Crippen LogP contribution in [0.15, 0.2) is 64.5 Å². The number of benzene rings is 2. The molecule has 0 aromatic heterocycles. The molecule has 28 heavy (non-hydrogen) atoms. The van der Waals surface area contributed by atoms with Crippen molar-refractivity contribution >= 4 is 40.0 Å². The third-order valence-corrected chi connectivity index (χ3v) is 4.90. The predicted octanol–water partition coefficient (Wildman–Crippen LogP) is 1.91. The summed E-state index contributed by atoms with van der Waals surface area (Å²) in [5, 5.41) is 22.1. The first-order valence-corrected chi connectivity index (χ1v) is 10.2. The third-order valence-electron chi connectivity index (χ3n) is 3.99. The minimum absolute atomic E-state index is 0. The van der Waals surface area contributed by atoms with E-state index in [0.717, 1.165) is 5.56 Å². The van der Waals surface area contributed by atoms with Crippen molar-refractivity contribution in [1.29, 1.82) is 0 Å². The van der Waals surface area contributed by atoms with E-state index in [-0.39, 0.29) is 42.0 Å². The molecule has 0 saturated heterocycles. The summed E-state index contributed by atoms with van der Waals surface area (Å²) in [5.41, 5.74) is 0.452. The Morgan fingerprint density at radius 2 is 1.82 bits per heavy atom. The van der Waals surface area contributed by atoms with Crippen LogP contribution in [0.25, 0.3) is 0 Å². The maximum atomic E-state index is 11.5. The van der Waals surface area contributed by atoms with Crippen LogP contribution in [-0.4, -0.2) is 32.6 Å². The zero-order chi connectivity index (χ0) is 19.9. The largest absolute Gasteiger partial charge is 0.384 e. The molecule has 0 spiro atoms. The number of hydrogen-bond donors (Lipinski definition) is 4. The van der Waals surface area contributed by atoms with Gasteiger partial charge >= 0.3 is 0 Å². The van der Waals surface area contributed by atoms with E-state index < -0.39 is 15.6 Å². The van der Waals surface area contributed by atoms with E-state index in [2.05, 4.69) is 15.6 Å². The van der Waals surface area contributed by atoms with Crippen LogP contribution in [0.5, 0.6) is 0 Å². The van der Waals surface area contributed by atoms with Crippen LogP contribution in [0, 0.1) is 0 Å². The van der Waals surface area contributed by atoms with Crippen LogP contribution in [0.1, 0.15) is 25.0 Å². The van der Waals surface area contributed by atoms with Crippen molar-refractivity contribution in [2.24, 2.45) is 10.1 Å². The molecule has 5 N–H and O–H groups in total. The van der Waals surface area contributed by atoms with E-state index in [0.29, 0.717) is 18.1 Å². The number of primary sulfonamides is 1. The van der Waals surface area contributed by atoms with Crippen LogP contribution >= 0.6 is 24.0 Å². The molecule has 154 valence electrons. The van der Waals surface area contributed by atoms with Gasteiger partial charge in [0, 0.05) is 6.54 Å². The maximum absolute atomic E-state index is 11.5. The van der Waals surface area contributed by atoms with Gasteiger partial charge in [0.15, 0.2) is 5.96 Å². The van der Waals surface area contributed by atoms with E-state index in [4.69, 9.17) is 5.14 Å². The number of halogens is 1. The highest BCUT2D eigenvalue weighted by Crippen LogP contribution is 2.18. The van der Waals surface area contributed by atoms with Gasteiger partial charge in [0.2, 0.25) is 10.0 Å². The molecule has 0 radical (unpaired) electrons. The van der Waals surface area contributed by atoms with Gasteiger partial charge in [0.05, 0.1) is 18.0 Å². The van der Waals surface area contributed by atoms with E-state index in [1.54, 1.807) is 19.1 Å². The van der Waals surface area contributed by atoms with Gasteiger partial charge in [-0.05, 0) is 37.1 Å². The molecule has 0 bridgehead atoms. The summed E-state index contributed by atoms with van der Waals surface area (Å²) in [7, 11) is -3.75. The average Bonchev–Trinajstić information content (AvgIpc) is 2.64. The van der Waals surface area contributed by atoms with E-state index >= 15 is 0 Å². The molecule has 0 saturated carbocycles. The zero-order valence-corrected chi connectivity index (χ0v) is 19.1. The van der Waals surface area contributed by atoms with E-state index in [1.165, 1.54) is 12.1 Å². The van der Waals surface area contributed by atoms with Crippen molar-refractivity contribution in [2.45, 2.75) is 30.9 Å². The van der Waals surface area contributed by atoms with E-state index in [1.807, 2.05) is 37.3 Å².